The Morgan fingerprint density at radius 3 is 2.67 bits per heavy atom. The van der Waals surface area contributed by atoms with E-state index < -0.39 is 0 Å². The van der Waals surface area contributed by atoms with Gasteiger partial charge in [-0.1, -0.05) is 13.8 Å². The van der Waals surface area contributed by atoms with Gasteiger partial charge in [0, 0.05) is 30.1 Å². The van der Waals surface area contributed by atoms with Crippen LogP contribution in [0.5, 0.6) is 11.5 Å². The predicted octanol–water partition coefficient (Wildman–Crippen LogP) is 2.19. The van der Waals surface area contributed by atoms with Crippen molar-refractivity contribution in [2.45, 2.75) is 26.3 Å². The zero-order valence-corrected chi connectivity index (χ0v) is 10.6. The van der Waals surface area contributed by atoms with Crippen molar-refractivity contribution in [1.82, 2.24) is 10.3 Å². The van der Waals surface area contributed by atoms with Gasteiger partial charge >= 0.3 is 0 Å². The molecule has 2 rings (SSSR count). The van der Waals surface area contributed by atoms with E-state index >= 15 is 0 Å². The predicted molar refractivity (Wildman–Crippen MR) is 71.9 cm³/mol. The molecule has 0 radical (unpaired) electrons. The average Bonchev–Trinajstić information content (AvgIpc) is 2.33. The van der Waals surface area contributed by atoms with Crippen LogP contribution in [0, 0.1) is 0 Å². The second-order valence-electron chi connectivity index (χ2n) is 4.66. The summed E-state index contributed by atoms with van der Waals surface area (Å²) in [5.74, 6) is -0.217. The van der Waals surface area contributed by atoms with Crippen molar-refractivity contribution >= 4 is 10.9 Å². The Labute approximate surface area is 106 Å². The summed E-state index contributed by atoms with van der Waals surface area (Å²) in [6.07, 6.45) is 0.843. The number of pyridine rings is 1. The van der Waals surface area contributed by atoms with Crippen LogP contribution in [0.25, 0.3) is 10.9 Å². The summed E-state index contributed by atoms with van der Waals surface area (Å²) < 4.78 is 0. The average molecular weight is 246 g/mol. The van der Waals surface area contributed by atoms with Crippen LogP contribution in [-0.2, 0) is 6.42 Å². The van der Waals surface area contributed by atoms with Gasteiger partial charge in [0.05, 0.1) is 5.52 Å². The summed E-state index contributed by atoms with van der Waals surface area (Å²) in [7, 11) is 0. The van der Waals surface area contributed by atoms with E-state index in [-0.39, 0.29) is 11.5 Å². The lowest BCUT2D eigenvalue weighted by Gasteiger charge is -2.08. The monoisotopic (exact) mass is 246 g/mol. The van der Waals surface area contributed by atoms with Gasteiger partial charge in [0.1, 0.15) is 0 Å². The first kappa shape index (κ1) is 12.6. The number of hydrogen-bond acceptors (Lipinski definition) is 4. The maximum absolute atomic E-state index is 9.70. The van der Waals surface area contributed by atoms with E-state index in [1.54, 1.807) is 12.1 Å². The molecule has 0 saturated heterocycles. The molecule has 0 amide bonds. The maximum atomic E-state index is 9.70. The largest absolute Gasteiger partial charge is 0.504 e. The highest BCUT2D eigenvalue weighted by Gasteiger charge is 2.06. The van der Waals surface area contributed by atoms with Crippen molar-refractivity contribution in [1.29, 1.82) is 0 Å². The Hall–Kier alpha value is -1.81. The van der Waals surface area contributed by atoms with Gasteiger partial charge in [-0.05, 0) is 24.3 Å². The van der Waals surface area contributed by atoms with Gasteiger partial charge in [-0.25, -0.2) is 0 Å². The van der Waals surface area contributed by atoms with Crippen LogP contribution in [-0.4, -0.2) is 27.8 Å². The topological polar surface area (TPSA) is 65.4 Å². The third kappa shape index (κ3) is 2.71. The summed E-state index contributed by atoms with van der Waals surface area (Å²) in [6, 6.07) is 7.31. The highest BCUT2D eigenvalue weighted by atomic mass is 16.3. The molecule has 96 valence electrons. The molecule has 0 atom stereocenters. The number of aromatic nitrogens is 1. The first-order chi connectivity index (χ1) is 8.58. The Bertz CT molecular complexity index is 553. The summed E-state index contributed by atoms with van der Waals surface area (Å²) in [5.41, 5.74) is 1.67. The van der Waals surface area contributed by atoms with Crippen molar-refractivity contribution in [2.24, 2.45) is 0 Å². The number of nitrogens with zero attached hydrogens (tertiary/aromatic N) is 1. The van der Waals surface area contributed by atoms with Gasteiger partial charge in [0.2, 0.25) is 0 Å². The molecule has 1 aromatic carbocycles. The molecule has 0 fully saturated rings. The number of hydrogen-bond donors (Lipinski definition) is 3. The normalized spacial score (nSPS) is 11.3. The molecule has 0 saturated carbocycles. The summed E-state index contributed by atoms with van der Waals surface area (Å²) in [4.78, 5) is 4.46. The second kappa shape index (κ2) is 5.23. The van der Waals surface area contributed by atoms with Crippen LogP contribution >= 0.6 is 0 Å². The van der Waals surface area contributed by atoms with Gasteiger partial charge < -0.3 is 15.5 Å². The molecule has 1 aromatic heterocycles. The number of benzene rings is 1. The fourth-order valence-corrected chi connectivity index (χ4v) is 1.85. The molecule has 3 N–H and O–H groups in total. The van der Waals surface area contributed by atoms with Gasteiger partial charge in [0.25, 0.3) is 0 Å². The highest BCUT2D eigenvalue weighted by molar-refractivity contribution is 5.87. The van der Waals surface area contributed by atoms with Crippen molar-refractivity contribution < 1.29 is 10.2 Å². The molecule has 0 aliphatic carbocycles. The molecule has 0 aliphatic heterocycles. The van der Waals surface area contributed by atoms with Crippen LogP contribution < -0.4 is 5.32 Å². The fraction of sp³-hybridized carbons (Fsp3) is 0.357. The zero-order valence-electron chi connectivity index (χ0n) is 10.6. The molecule has 0 unspecified atom stereocenters. The van der Waals surface area contributed by atoms with E-state index in [0.717, 1.165) is 18.7 Å². The minimum Gasteiger partial charge on any atom is -0.504 e. The number of phenols is 2. The Morgan fingerprint density at radius 2 is 1.94 bits per heavy atom. The second-order valence-corrected chi connectivity index (χ2v) is 4.66. The van der Waals surface area contributed by atoms with E-state index in [2.05, 4.69) is 24.1 Å². The Morgan fingerprint density at radius 1 is 1.17 bits per heavy atom. The van der Waals surface area contributed by atoms with Crippen LogP contribution in [0.4, 0.5) is 0 Å². The molecule has 2 aromatic rings. The lowest BCUT2D eigenvalue weighted by atomic mass is 10.1. The molecule has 1 heterocycles. The summed E-state index contributed by atoms with van der Waals surface area (Å²) >= 11 is 0. The van der Waals surface area contributed by atoms with E-state index in [9.17, 15) is 10.2 Å². The maximum Gasteiger partial charge on any atom is 0.167 e. The van der Waals surface area contributed by atoms with Gasteiger partial charge in [-0.15, -0.1) is 0 Å². The van der Waals surface area contributed by atoms with Crippen LogP contribution in [0.1, 0.15) is 19.5 Å². The van der Waals surface area contributed by atoms with Crippen molar-refractivity contribution in [2.75, 3.05) is 6.54 Å². The summed E-state index contributed by atoms with van der Waals surface area (Å²) in [6.45, 7) is 5.09. The SMILES string of the molecule is CC(C)NCCc1ccc2c(O)c(O)ccc2n1. The third-order valence-electron chi connectivity index (χ3n) is 2.81. The number of aromatic hydroxyl groups is 2. The standard InChI is InChI=1S/C14H18N2O2/c1-9(2)15-8-7-10-3-4-11-12(16-10)5-6-13(17)14(11)18/h3-6,9,15,17-18H,7-8H2,1-2H3. The van der Waals surface area contributed by atoms with Crippen LogP contribution in [0.3, 0.4) is 0 Å². The van der Waals surface area contributed by atoms with Crippen molar-refractivity contribution in [3.63, 3.8) is 0 Å². The minimum absolute atomic E-state index is 0.105. The molecule has 0 aliphatic rings. The summed E-state index contributed by atoms with van der Waals surface area (Å²) in [5, 5.41) is 23.0. The van der Waals surface area contributed by atoms with Crippen LogP contribution in [0.2, 0.25) is 0 Å². The lowest BCUT2D eigenvalue weighted by Crippen LogP contribution is -2.25. The Balaban J connectivity index is 2.20. The third-order valence-corrected chi connectivity index (χ3v) is 2.81. The minimum atomic E-state index is -0.112. The fourth-order valence-electron chi connectivity index (χ4n) is 1.85. The van der Waals surface area contributed by atoms with E-state index in [4.69, 9.17) is 0 Å². The number of phenolic OH excluding ortho intramolecular Hbond substituents is 2. The molecule has 0 spiro atoms. The number of nitrogens with one attached hydrogen (secondary N) is 1. The van der Waals surface area contributed by atoms with Crippen LogP contribution in [0.15, 0.2) is 24.3 Å². The first-order valence-corrected chi connectivity index (χ1v) is 6.12. The van der Waals surface area contributed by atoms with Gasteiger partial charge in [0.15, 0.2) is 11.5 Å². The van der Waals surface area contributed by atoms with E-state index in [1.165, 1.54) is 6.07 Å². The lowest BCUT2D eigenvalue weighted by molar-refractivity contribution is 0.408. The van der Waals surface area contributed by atoms with Gasteiger partial charge in [-0.3, -0.25) is 4.98 Å². The molecular formula is C14H18N2O2. The van der Waals surface area contributed by atoms with E-state index in [0.29, 0.717) is 16.9 Å². The van der Waals surface area contributed by atoms with Crippen molar-refractivity contribution in [3.05, 3.63) is 30.0 Å². The molecule has 4 heteroatoms. The molecule has 0 bridgehead atoms. The first-order valence-electron chi connectivity index (χ1n) is 6.12. The number of rotatable bonds is 4. The molecular weight excluding hydrogens is 228 g/mol. The highest BCUT2D eigenvalue weighted by Crippen LogP contribution is 2.32. The number of fused-ring (bicyclic) bond motifs is 1. The van der Waals surface area contributed by atoms with Crippen molar-refractivity contribution in [3.8, 4) is 11.5 Å². The molecule has 4 nitrogen and oxygen atoms in total. The zero-order chi connectivity index (χ0) is 13.1. The Kier molecular flexibility index (Phi) is 3.67. The van der Waals surface area contributed by atoms with Gasteiger partial charge in [-0.2, -0.15) is 0 Å². The molecule has 18 heavy (non-hydrogen) atoms. The quantitative estimate of drug-likeness (QED) is 0.723. The smallest absolute Gasteiger partial charge is 0.167 e. The van der Waals surface area contributed by atoms with E-state index in [1.807, 2.05) is 6.07 Å².